The van der Waals surface area contributed by atoms with Gasteiger partial charge in [-0.25, -0.2) is 0 Å². The van der Waals surface area contributed by atoms with E-state index >= 15 is 0 Å². The molecule has 3 heterocycles. The van der Waals surface area contributed by atoms with E-state index in [2.05, 4.69) is 4.90 Å². The topological polar surface area (TPSA) is 45.9 Å². The van der Waals surface area contributed by atoms with E-state index in [-0.39, 0.29) is 11.5 Å². The molecule has 5 heteroatoms. The minimum absolute atomic E-state index is 0.152. The van der Waals surface area contributed by atoms with Crippen LogP contribution in [0.5, 0.6) is 0 Å². The van der Waals surface area contributed by atoms with Gasteiger partial charge in [0.2, 0.25) is 5.91 Å². The molecule has 110 valence electrons. The van der Waals surface area contributed by atoms with Crippen LogP contribution in [0.3, 0.4) is 0 Å². The minimum Gasteiger partial charge on any atom is -0.472 e. The lowest BCUT2D eigenvalue weighted by Crippen LogP contribution is -2.60. The first kappa shape index (κ1) is 13.6. The molecule has 2 saturated heterocycles. The van der Waals surface area contributed by atoms with Crippen molar-refractivity contribution < 1.29 is 13.9 Å². The summed E-state index contributed by atoms with van der Waals surface area (Å²) in [6.45, 7) is 6.69. The standard InChI is InChI=1S/C15H22N2O3/c1-13(18)17-5-2-4-15(12-17)11-16(6-8-20-15)9-14-3-7-19-10-14/h3,7,10H,2,4-6,8-9,11-12H2,1H3/t15-/m1/s1. The van der Waals surface area contributed by atoms with Crippen LogP contribution in [0.1, 0.15) is 25.3 Å². The molecule has 2 aliphatic rings. The third-order valence-electron chi connectivity index (χ3n) is 4.30. The number of amides is 1. The molecule has 2 fully saturated rings. The molecule has 1 aromatic heterocycles. The molecule has 1 amide bonds. The van der Waals surface area contributed by atoms with Crippen LogP contribution < -0.4 is 0 Å². The van der Waals surface area contributed by atoms with Gasteiger partial charge in [-0.3, -0.25) is 9.69 Å². The number of carbonyl (C=O) groups is 1. The zero-order valence-corrected chi connectivity index (χ0v) is 12.0. The Bertz CT molecular complexity index is 456. The second-order valence-corrected chi connectivity index (χ2v) is 5.92. The third-order valence-corrected chi connectivity index (χ3v) is 4.30. The molecule has 0 bridgehead atoms. The molecule has 0 saturated carbocycles. The maximum absolute atomic E-state index is 11.6. The van der Waals surface area contributed by atoms with Crippen LogP contribution in [0.4, 0.5) is 0 Å². The lowest BCUT2D eigenvalue weighted by atomic mass is 9.90. The molecular weight excluding hydrogens is 256 g/mol. The molecule has 0 N–H and O–H groups in total. The first-order valence-corrected chi connectivity index (χ1v) is 7.30. The maximum Gasteiger partial charge on any atom is 0.219 e. The smallest absolute Gasteiger partial charge is 0.219 e. The number of piperidine rings is 1. The highest BCUT2D eigenvalue weighted by Gasteiger charge is 2.41. The molecule has 3 rings (SSSR count). The van der Waals surface area contributed by atoms with Gasteiger partial charge in [0.15, 0.2) is 0 Å². The number of carbonyl (C=O) groups excluding carboxylic acids is 1. The highest BCUT2D eigenvalue weighted by atomic mass is 16.5. The summed E-state index contributed by atoms with van der Waals surface area (Å²) in [6, 6.07) is 2.00. The van der Waals surface area contributed by atoms with E-state index in [1.165, 1.54) is 5.56 Å². The van der Waals surface area contributed by atoms with Crippen LogP contribution in [0.15, 0.2) is 23.0 Å². The quantitative estimate of drug-likeness (QED) is 0.822. The Morgan fingerprint density at radius 2 is 2.30 bits per heavy atom. The average Bonchev–Trinajstić information content (AvgIpc) is 2.92. The van der Waals surface area contributed by atoms with Crippen LogP contribution in [0, 0.1) is 0 Å². The molecule has 2 aliphatic heterocycles. The highest BCUT2D eigenvalue weighted by Crippen LogP contribution is 2.29. The Morgan fingerprint density at radius 3 is 3.05 bits per heavy atom. The Labute approximate surface area is 119 Å². The fourth-order valence-corrected chi connectivity index (χ4v) is 3.31. The lowest BCUT2D eigenvalue weighted by molar-refractivity contribution is -0.156. The second kappa shape index (κ2) is 5.58. The number of likely N-dealkylation sites (tertiary alicyclic amines) is 1. The Balaban J connectivity index is 1.65. The zero-order valence-electron chi connectivity index (χ0n) is 12.0. The van der Waals surface area contributed by atoms with Crippen LogP contribution in [0.2, 0.25) is 0 Å². The number of furan rings is 1. The summed E-state index contributed by atoms with van der Waals surface area (Å²) in [5, 5.41) is 0. The van der Waals surface area contributed by atoms with Crippen molar-refractivity contribution in [1.29, 1.82) is 0 Å². The van der Waals surface area contributed by atoms with Gasteiger partial charge in [-0.2, -0.15) is 0 Å². The van der Waals surface area contributed by atoms with E-state index in [0.717, 1.165) is 52.2 Å². The number of morpholine rings is 1. The van der Waals surface area contributed by atoms with Gasteiger partial charge in [-0.15, -0.1) is 0 Å². The zero-order chi connectivity index (χ0) is 14.0. The van der Waals surface area contributed by atoms with Gasteiger partial charge in [0, 0.05) is 38.7 Å². The number of hydrogen-bond donors (Lipinski definition) is 0. The number of ether oxygens (including phenoxy) is 1. The summed E-state index contributed by atoms with van der Waals surface area (Å²) in [5.41, 5.74) is 1.02. The van der Waals surface area contributed by atoms with Crippen molar-refractivity contribution in [3.63, 3.8) is 0 Å². The molecular formula is C15H22N2O3. The van der Waals surface area contributed by atoms with E-state index in [0.29, 0.717) is 0 Å². The highest BCUT2D eigenvalue weighted by molar-refractivity contribution is 5.73. The second-order valence-electron chi connectivity index (χ2n) is 5.92. The average molecular weight is 278 g/mol. The van der Waals surface area contributed by atoms with Crippen LogP contribution >= 0.6 is 0 Å². The molecule has 20 heavy (non-hydrogen) atoms. The third kappa shape index (κ3) is 2.88. The van der Waals surface area contributed by atoms with Gasteiger partial charge < -0.3 is 14.1 Å². The summed E-state index contributed by atoms with van der Waals surface area (Å²) in [7, 11) is 0. The van der Waals surface area contributed by atoms with Gasteiger partial charge in [0.25, 0.3) is 0 Å². The van der Waals surface area contributed by atoms with Gasteiger partial charge in [-0.1, -0.05) is 0 Å². The molecule has 0 unspecified atom stereocenters. The summed E-state index contributed by atoms with van der Waals surface area (Å²) < 4.78 is 11.2. The van der Waals surface area contributed by atoms with E-state index in [1.54, 1.807) is 19.5 Å². The van der Waals surface area contributed by atoms with Crippen LogP contribution in [-0.4, -0.2) is 54.1 Å². The van der Waals surface area contributed by atoms with Gasteiger partial charge in [-0.05, 0) is 18.9 Å². The summed E-state index contributed by atoms with van der Waals surface area (Å²) in [6.07, 6.45) is 5.58. The van der Waals surface area contributed by atoms with Crippen molar-refractivity contribution >= 4 is 5.91 Å². The first-order valence-electron chi connectivity index (χ1n) is 7.30. The Hall–Kier alpha value is -1.33. The number of nitrogens with zero attached hydrogens (tertiary/aromatic N) is 2. The SMILES string of the molecule is CC(=O)N1CCC[C@@]2(CN(Cc3ccoc3)CCO2)C1. The predicted molar refractivity (Wildman–Crippen MR) is 74.2 cm³/mol. The molecule has 0 radical (unpaired) electrons. The molecule has 1 aromatic rings. The predicted octanol–water partition coefficient (Wildman–Crippen LogP) is 1.49. The fourth-order valence-electron chi connectivity index (χ4n) is 3.31. The summed E-state index contributed by atoms with van der Waals surface area (Å²) >= 11 is 0. The minimum atomic E-state index is -0.175. The number of rotatable bonds is 2. The molecule has 1 spiro atoms. The maximum atomic E-state index is 11.6. The fraction of sp³-hybridized carbons (Fsp3) is 0.667. The Morgan fingerprint density at radius 1 is 1.40 bits per heavy atom. The molecule has 5 nitrogen and oxygen atoms in total. The van der Waals surface area contributed by atoms with Crippen molar-refractivity contribution in [2.24, 2.45) is 0 Å². The first-order chi connectivity index (χ1) is 9.67. The van der Waals surface area contributed by atoms with Crippen molar-refractivity contribution in [1.82, 2.24) is 9.80 Å². The van der Waals surface area contributed by atoms with Gasteiger partial charge in [0.05, 0.1) is 31.3 Å². The van der Waals surface area contributed by atoms with Crippen LogP contribution in [-0.2, 0) is 16.1 Å². The van der Waals surface area contributed by atoms with Gasteiger partial charge in [0.1, 0.15) is 0 Å². The van der Waals surface area contributed by atoms with Crippen molar-refractivity contribution in [2.75, 3.05) is 32.8 Å². The van der Waals surface area contributed by atoms with Crippen molar-refractivity contribution in [3.8, 4) is 0 Å². The molecule has 0 aromatic carbocycles. The Kier molecular flexibility index (Phi) is 3.81. The largest absolute Gasteiger partial charge is 0.472 e. The molecule has 0 aliphatic carbocycles. The van der Waals surface area contributed by atoms with E-state index < -0.39 is 0 Å². The van der Waals surface area contributed by atoms with E-state index in [9.17, 15) is 4.79 Å². The summed E-state index contributed by atoms with van der Waals surface area (Å²) in [4.78, 5) is 15.9. The van der Waals surface area contributed by atoms with E-state index in [1.807, 2.05) is 11.0 Å². The monoisotopic (exact) mass is 278 g/mol. The number of hydrogen-bond acceptors (Lipinski definition) is 4. The van der Waals surface area contributed by atoms with Gasteiger partial charge >= 0.3 is 0 Å². The van der Waals surface area contributed by atoms with Crippen LogP contribution in [0.25, 0.3) is 0 Å². The van der Waals surface area contributed by atoms with E-state index in [4.69, 9.17) is 9.15 Å². The molecule has 1 atom stereocenters. The normalized spacial score (nSPS) is 27.9. The van der Waals surface area contributed by atoms with Crippen molar-refractivity contribution in [2.45, 2.75) is 31.9 Å². The lowest BCUT2D eigenvalue weighted by Gasteiger charge is -2.47. The van der Waals surface area contributed by atoms with Crippen molar-refractivity contribution in [3.05, 3.63) is 24.2 Å². The summed E-state index contributed by atoms with van der Waals surface area (Å²) in [5.74, 6) is 0.152.